The van der Waals surface area contributed by atoms with E-state index in [-0.39, 0.29) is 5.91 Å². The molecule has 0 radical (unpaired) electrons. The minimum absolute atomic E-state index is 0.228. The van der Waals surface area contributed by atoms with Crippen molar-refractivity contribution < 1.29 is 4.79 Å². The molecule has 0 aliphatic carbocycles. The fourth-order valence-electron chi connectivity index (χ4n) is 2.46. The van der Waals surface area contributed by atoms with Gasteiger partial charge < -0.3 is 15.1 Å². The predicted octanol–water partition coefficient (Wildman–Crippen LogP) is 1.25. The van der Waals surface area contributed by atoms with E-state index in [9.17, 15) is 4.79 Å². The van der Waals surface area contributed by atoms with Crippen LogP contribution in [0.5, 0.6) is 0 Å². The number of carbonyl (C=O) groups is 1. The van der Waals surface area contributed by atoms with Crippen molar-refractivity contribution in [2.45, 2.75) is 13.8 Å². The van der Waals surface area contributed by atoms with E-state index in [2.05, 4.69) is 36.2 Å². The Labute approximate surface area is 115 Å². The Morgan fingerprint density at radius 1 is 1.32 bits per heavy atom. The van der Waals surface area contributed by atoms with Crippen LogP contribution in [0, 0.1) is 6.92 Å². The fraction of sp³-hybridized carbons (Fsp3) is 0.533. The molecule has 104 valence electrons. The average molecular weight is 261 g/mol. The van der Waals surface area contributed by atoms with Gasteiger partial charge in [-0.2, -0.15) is 0 Å². The smallest absolute Gasteiger partial charge is 0.242 e. The van der Waals surface area contributed by atoms with Gasteiger partial charge in [-0.15, -0.1) is 0 Å². The normalized spacial score (nSPS) is 15.4. The van der Waals surface area contributed by atoms with Crippen molar-refractivity contribution in [3.8, 4) is 0 Å². The van der Waals surface area contributed by atoms with Crippen LogP contribution in [0.15, 0.2) is 24.3 Å². The van der Waals surface area contributed by atoms with Crippen LogP contribution in [-0.4, -0.2) is 50.1 Å². The molecule has 1 heterocycles. The molecule has 0 aromatic heterocycles. The number of likely N-dealkylation sites (N-methyl/N-ethyl adjacent to an activating group) is 1. The summed E-state index contributed by atoms with van der Waals surface area (Å²) in [6, 6.07) is 8.24. The molecule has 1 fully saturated rings. The van der Waals surface area contributed by atoms with Gasteiger partial charge in [0.1, 0.15) is 0 Å². The molecule has 2 rings (SSSR count). The third kappa shape index (κ3) is 3.47. The van der Waals surface area contributed by atoms with Crippen molar-refractivity contribution in [2.75, 3.05) is 44.2 Å². The molecule has 0 atom stereocenters. The summed E-state index contributed by atoms with van der Waals surface area (Å²) >= 11 is 0. The lowest BCUT2D eigenvalue weighted by Crippen LogP contribution is -2.49. The van der Waals surface area contributed by atoms with Gasteiger partial charge in [-0.05, 0) is 25.5 Å². The zero-order valence-electron chi connectivity index (χ0n) is 11.9. The first-order valence-electron chi connectivity index (χ1n) is 7.01. The molecule has 1 aromatic carbocycles. The van der Waals surface area contributed by atoms with Crippen molar-refractivity contribution in [2.24, 2.45) is 0 Å². The lowest BCUT2D eigenvalue weighted by Gasteiger charge is -2.31. The largest absolute Gasteiger partial charge is 0.362 e. The summed E-state index contributed by atoms with van der Waals surface area (Å²) in [4.78, 5) is 16.4. The number of para-hydroxylation sites is 1. The number of benzene rings is 1. The van der Waals surface area contributed by atoms with E-state index in [1.165, 1.54) is 5.56 Å². The number of hydrogen-bond acceptors (Lipinski definition) is 3. The molecular formula is C15H23N3O. The molecule has 1 N–H and O–H groups in total. The van der Waals surface area contributed by atoms with E-state index in [1.54, 1.807) is 0 Å². The van der Waals surface area contributed by atoms with Gasteiger partial charge in [0.05, 0.1) is 6.54 Å². The number of piperazine rings is 1. The van der Waals surface area contributed by atoms with E-state index in [0.717, 1.165) is 38.4 Å². The maximum atomic E-state index is 12.3. The Hall–Kier alpha value is -1.55. The monoisotopic (exact) mass is 261 g/mol. The van der Waals surface area contributed by atoms with Crippen LogP contribution < -0.4 is 10.2 Å². The van der Waals surface area contributed by atoms with E-state index in [0.29, 0.717) is 6.54 Å². The minimum Gasteiger partial charge on any atom is -0.362 e. The molecule has 0 unspecified atom stereocenters. The van der Waals surface area contributed by atoms with Crippen LogP contribution in [0.25, 0.3) is 0 Å². The Morgan fingerprint density at radius 3 is 2.63 bits per heavy atom. The molecule has 4 heteroatoms. The van der Waals surface area contributed by atoms with Crippen LogP contribution in [-0.2, 0) is 4.79 Å². The molecule has 0 bridgehead atoms. The van der Waals surface area contributed by atoms with Gasteiger partial charge >= 0.3 is 0 Å². The third-order valence-corrected chi connectivity index (χ3v) is 3.63. The second kappa shape index (κ2) is 6.57. The highest BCUT2D eigenvalue weighted by molar-refractivity contribution is 5.82. The van der Waals surface area contributed by atoms with Gasteiger partial charge in [0.15, 0.2) is 0 Å². The molecule has 19 heavy (non-hydrogen) atoms. The topological polar surface area (TPSA) is 35.6 Å². The highest BCUT2D eigenvalue weighted by atomic mass is 16.2. The number of anilines is 1. The second-order valence-corrected chi connectivity index (χ2v) is 4.93. The van der Waals surface area contributed by atoms with Crippen molar-refractivity contribution in [3.05, 3.63) is 29.8 Å². The fourth-order valence-corrected chi connectivity index (χ4v) is 2.46. The molecule has 1 saturated heterocycles. The molecule has 4 nitrogen and oxygen atoms in total. The lowest BCUT2D eigenvalue weighted by atomic mass is 10.2. The molecule has 1 amide bonds. The summed E-state index contributed by atoms with van der Waals surface area (Å²) in [7, 11) is 0. The van der Waals surface area contributed by atoms with Gasteiger partial charge in [-0.1, -0.05) is 18.2 Å². The quantitative estimate of drug-likeness (QED) is 0.886. The summed E-state index contributed by atoms with van der Waals surface area (Å²) in [5, 5.41) is 3.27. The number of amides is 1. The first-order chi connectivity index (χ1) is 9.22. The Bertz CT molecular complexity index is 427. The van der Waals surface area contributed by atoms with Crippen LogP contribution in [0.2, 0.25) is 0 Å². The number of carbonyl (C=O) groups excluding carboxylic acids is 1. The third-order valence-electron chi connectivity index (χ3n) is 3.63. The first kappa shape index (κ1) is 13.9. The molecule has 0 saturated carbocycles. The first-order valence-corrected chi connectivity index (χ1v) is 7.01. The van der Waals surface area contributed by atoms with Crippen molar-refractivity contribution in [1.29, 1.82) is 0 Å². The Balaban J connectivity index is 2.02. The number of hydrogen-bond donors (Lipinski definition) is 1. The highest BCUT2D eigenvalue weighted by Crippen LogP contribution is 2.19. The van der Waals surface area contributed by atoms with E-state index < -0.39 is 0 Å². The van der Waals surface area contributed by atoms with Gasteiger partial charge in [0.25, 0.3) is 0 Å². The summed E-state index contributed by atoms with van der Waals surface area (Å²) < 4.78 is 0. The molecule has 1 aliphatic heterocycles. The van der Waals surface area contributed by atoms with Gasteiger partial charge in [-0.25, -0.2) is 0 Å². The van der Waals surface area contributed by atoms with E-state index in [1.807, 2.05) is 17.0 Å². The zero-order valence-corrected chi connectivity index (χ0v) is 11.9. The minimum atomic E-state index is 0.228. The number of rotatable bonds is 4. The zero-order chi connectivity index (χ0) is 13.7. The van der Waals surface area contributed by atoms with Gasteiger partial charge in [-0.3, -0.25) is 4.79 Å². The van der Waals surface area contributed by atoms with Crippen LogP contribution in [0.3, 0.4) is 0 Å². The van der Waals surface area contributed by atoms with Crippen molar-refractivity contribution in [1.82, 2.24) is 10.2 Å². The summed E-state index contributed by atoms with van der Waals surface area (Å²) in [5.74, 6) is 0.228. The van der Waals surface area contributed by atoms with Crippen molar-refractivity contribution >= 4 is 11.6 Å². The molecular weight excluding hydrogens is 238 g/mol. The van der Waals surface area contributed by atoms with E-state index in [4.69, 9.17) is 0 Å². The number of nitrogens with one attached hydrogen (secondary N) is 1. The molecule has 1 aromatic rings. The van der Waals surface area contributed by atoms with Crippen LogP contribution in [0.1, 0.15) is 12.5 Å². The van der Waals surface area contributed by atoms with Gasteiger partial charge in [0.2, 0.25) is 5.91 Å². The molecule has 1 aliphatic rings. The van der Waals surface area contributed by atoms with Crippen molar-refractivity contribution in [3.63, 3.8) is 0 Å². The summed E-state index contributed by atoms with van der Waals surface area (Å²) in [5.41, 5.74) is 2.38. The van der Waals surface area contributed by atoms with Crippen LogP contribution in [0.4, 0.5) is 5.69 Å². The maximum Gasteiger partial charge on any atom is 0.242 e. The maximum absolute atomic E-state index is 12.3. The van der Waals surface area contributed by atoms with E-state index >= 15 is 0 Å². The van der Waals surface area contributed by atoms with Crippen LogP contribution >= 0.6 is 0 Å². The van der Waals surface area contributed by atoms with Gasteiger partial charge in [0, 0.05) is 38.4 Å². The summed E-state index contributed by atoms with van der Waals surface area (Å²) in [6.07, 6.45) is 0. The number of nitrogens with zero attached hydrogens (tertiary/aromatic N) is 2. The SMILES string of the molecule is CCN(CC(=O)N1CCNCC1)c1ccccc1C. The molecule has 0 spiro atoms. The Morgan fingerprint density at radius 2 is 2.00 bits per heavy atom. The summed E-state index contributed by atoms with van der Waals surface area (Å²) in [6.45, 7) is 8.97. The highest BCUT2D eigenvalue weighted by Gasteiger charge is 2.19. The predicted molar refractivity (Wildman–Crippen MR) is 78.5 cm³/mol. The average Bonchev–Trinajstić information content (AvgIpc) is 2.46. The Kier molecular flexibility index (Phi) is 4.80. The lowest BCUT2D eigenvalue weighted by molar-refractivity contribution is -0.130. The second-order valence-electron chi connectivity index (χ2n) is 4.93. The number of aryl methyl sites for hydroxylation is 1. The standard InChI is InChI=1S/C15H23N3O/c1-3-17(14-7-5-4-6-13(14)2)12-15(19)18-10-8-16-9-11-18/h4-7,16H,3,8-12H2,1-2H3.